The minimum Gasteiger partial charge on any atom is -0.496 e. The van der Waals surface area contributed by atoms with E-state index in [1.807, 2.05) is 56.3 Å². The number of benzene rings is 2. The van der Waals surface area contributed by atoms with Crippen LogP contribution in [0.1, 0.15) is 22.7 Å². The summed E-state index contributed by atoms with van der Waals surface area (Å²) in [5, 5.41) is 2.87. The van der Waals surface area contributed by atoms with Crippen LogP contribution in [-0.4, -0.2) is 13.0 Å². The van der Waals surface area contributed by atoms with E-state index in [-0.39, 0.29) is 5.91 Å². The molecule has 0 aliphatic carbocycles. The van der Waals surface area contributed by atoms with Gasteiger partial charge in [-0.05, 0) is 31.0 Å². The Bertz CT molecular complexity index is 639. The molecular formula is C17H20N2O2. The van der Waals surface area contributed by atoms with Gasteiger partial charge in [0.15, 0.2) is 0 Å². The van der Waals surface area contributed by atoms with Crippen LogP contribution in [0, 0.1) is 13.8 Å². The molecule has 2 rings (SSSR count). The molecule has 2 aromatic rings. The molecule has 0 radical (unpaired) electrons. The minimum absolute atomic E-state index is 0.241. The molecule has 0 saturated carbocycles. The zero-order valence-corrected chi connectivity index (χ0v) is 12.5. The van der Waals surface area contributed by atoms with Crippen molar-refractivity contribution in [3.8, 4) is 5.75 Å². The molecule has 0 unspecified atom stereocenters. The first-order chi connectivity index (χ1) is 10.0. The van der Waals surface area contributed by atoms with E-state index in [9.17, 15) is 4.79 Å². The third-order valence-corrected chi connectivity index (χ3v) is 3.51. The summed E-state index contributed by atoms with van der Waals surface area (Å²) < 4.78 is 5.36. The van der Waals surface area contributed by atoms with Gasteiger partial charge in [0.2, 0.25) is 5.91 Å². The summed E-state index contributed by atoms with van der Waals surface area (Å²) in [4.78, 5) is 12.3. The molecule has 1 atom stereocenters. The maximum absolute atomic E-state index is 12.3. The molecule has 3 N–H and O–H groups in total. The van der Waals surface area contributed by atoms with Gasteiger partial charge in [-0.25, -0.2) is 0 Å². The van der Waals surface area contributed by atoms with Gasteiger partial charge in [0.05, 0.1) is 7.11 Å². The molecule has 0 spiro atoms. The van der Waals surface area contributed by atoms with Crippen LogP contribution in [0.25, 0.3) is 0 Å². The van der Waals surface area contributed by atoms with Gasteiger partial charge in [0.25, 0.3) is 0 Å². The lowest BCUT2D eigenvalue weighted by Gasteiger charge is -2.16. The summed E-state index contributed by atoms with van der Waals surface area (Å²) in [7, 11) is 1.62. The average Bonchev–Trinajstić information content (AvgIpc) is 2.50. The molecule has 21 heavy (non-hydrogen) atoms. The number of hydrogen-bond acceptors (Lipinski definition) is 3. The molecule has 0 aliphatic heterocycles. The number of hydrogen-bond donors (Lipinski definition) is 2. The van der Waals surface area contributed by atoms with Crippen molar-refractivity contribution in [1.29, 1.82) is 0 Å². The molecule has 0 saturated heterocycles. The van der Waals surface area contributed by atoms with E-state index in [4.69, 9.17) is 10.5 Å². The smallest absolute Gasteiger partial charge is 0.245 e. The van der Waals surface area contributed by atoms with Crippen LogP contribution in [0.15, 0.2) is 42.5 Å². The van der Waals surface area contributed by atoms with Gasteiger partial charge >= 0.3 is 0 Å². The molecule has 110 valence electrons. The molecule has 2 aromatic carbocycles. The Morgan fingerprint density at radius 3 is 2.43 bits per heavy atom. The summed E-state index contributed by atoms with van der Waals surface area (Å²) in [6.45, 7) is 3.88. The first-order valence-corrected chi connectivity index (χ1v) is 6.80. The van der Waals surface area contributed by atoms with E-state index < -0.39 is 6.04 Å². The lowest BCUT2D eigenvalue weighted by Crippen LogP contribution is -2.28. The van der Waals surface area contributed by atoms with Crippen molar-refractivity contribution in [1.82, 2.24) is 0 Å². The highest BCUT2D eigenvalue weighted by atomic mass is 16.5. The maximum atomic E-state index is 12.3. The van der Waals surface area contributed by atoms with Crippen LogP contribution in [-0.2, 0) is 4.79 Å². The van der Waals surface area contributed by atoms with Crippen molar-refractivity contribution in [2.24, 2.45) is 5.73 Å². The van der Waals surface area contributed by atoms with E-state index in [0.29, 0.717) is 5.69 Å². The maximum Gasteiger partial charge on any atom is 0.245 e. The fraction of sp³-hybridized carbons (Fsp3) is 0.235. The number of carbonyl (C=O) groups is 1. The number of ether oxygens (including phenoxy) is 1. The molecule has 1 amide bonds. The van der Waals surface area contributed by atoms with Gasteiger partial charge in [-0.2, -0.15) is 0 Å². The molecule has 0 aromatic heterocycles. The fourth-order valence-corrected chi connectivity index (χ4v) is 2.30. The van der Waals surface area contributed by atoms with E-state index in [1.165, 1.54) is 0 Å². The first-order valence-electron chi connectivity index (χ1n) is 6.80. The minimum atomic E-state index is -0.696. The van der Waals surface area contributed by atoms with Crippen molar-refractivity contribution in [3.63, 3.8) is 0 Å². The van der Waals surface area contributed by atoms with Gasteiger partial charge in [-0.1, -0.05) is 36.4 Å². The Kier molecular flexibility index (Phi) is 4.60. The van der Waals surface area contributed by atoms with Crippen LogP contribution in [0.5, 0.6) is 5.75 Å². The number of nitrogens with two attached hydrogens (primary N) is 1. The summed E-state index contributed by atoms with van der Waals surface area (Å²) >= 11 is 0. The summed E-state index contributed by atoms with van der Waals surface area (Å²) in [6, 6.07) is 12.4. The lowest BCUT2D eigenvalue weighted by atomic mass is 10.1. The van der Waals surface area contributed by atoms with Crippen LogP contribution in [0.3, 0.4) is 0 Å². The van der Waals surface area contributed by atoms with Crippen LogP contribution in [0.4, 0.5) is 5.69 Å². The van der Waals surface area contributed by atoms with Crippen molar-refractivity contribution < 1.29 is 9.53 Å². The Balaban J connectivity index is 2.21. The topological polar surface area (TPSA) is 64.3 Å². The van der Waals surface area contributed by atoms with E-state index in [0.717, 1.165) is 22.4 Å². The molecule has 4 nitrogen and oxygen atoms in total. The predicted octanol–water partition coefficient (Wildman–Crippen LogP) is 2.95. The monoisotopic (exact) mass is 284 g/mol. The van der Waals surface area contributed by atoms with Gasteiger partial charge in [0, 0.05) is 11.3 Å². The number of aryl methyl sites for hydroxylation is 1. The Labute approximate surface area is 124 Å². The van der Waals surface area contributed by atoms with Gasteiger partial charge in [0.1, 0.15) is 11.8 Å². The zero-order valence-electron chi connectivity index (χ0n) is 12.5. The Hall–Kier alpha value is -2.33. The fourth-order valence-electron chi connectivity index (χ4n) is 2.30. The molecular weight excluding hydrogens is 264 g/mol. The van der Waals surface area contributed by atoms with E-state index >= 15 is 0 Å². The van der Waals surface area contributed by atoms with Gasteiger partial charge in [-0.15, -0.1) is 0 Å². The van der Waals surface area contributed by atoms with Gasteiger partial charge < -0.3 is 15.8 Å². The summed E-state index contributed by atoms with van der Waals surface area (Å²) in [6.07, 6.45) is 0. The van der Waals surface area contributed by atoms with Crippen molar-refractivity contribution in [2.45, 2.75) is 19.9 Å². The van der Waals surface area contributed by atoms with Crippen molar-refractivity contribution >= 4 is 11.6 Å². The summed E-state index contributed by atoms with van der Waals surface area (Å²) in [5.41, 5.74) is 9.42. The standard InChI is InChI=1S/C17H20N2O2/c1-11-9-10-14(12(2)16(11)21-3)19-17(20)15(18)13-7-5-4-6-8-13/h4-10,15H,18H2,1-3H3,(H,19,20)/t15-/m0/s1. The number of nitrogens with one attached hydrogen (secondary N) is 1. The molecule has 0 aliphatic rings. The second-order valence-corrected chi connectivity index (χ2v) is 4.97. The molecule has 0 fully saturated rings. The van der Waals surface area contributed by atoms with Crippen LogP contribution >= 0.6 is 0 Å². The highest BCUT2D eigenvalue weighted by Crippen LogP contribution is 2.29. The highest BCUT2D eigenvalue weighted by molar-refractivity contribution is 5.96. The number of rotatable bonds is 4. The van der Waals surface area contributed by atoms with E-state index in [1.54, 1.807) is 7.11 Å². The number of methoxy groups -OCH3 is 1. The van der Waals surface area contributed by atoms with Gasteiger partial charge in [-0.3, -0.25) is 4.79 Å². The van der Waals surface area contributed by atoms with Crippen molar-refractivity contribution in [2.75, 3.05) is 12.4 Å². The zero-order chi connectivity index (χ0) is 15.4. The SMILES string of the molecule is COc1c(C)ccc(NC(=O)[C@@H](N)c2ccccc2)c1C. The normalized spacial score (nSPS) is 11.8. The number of carbonyl (C=O) groups excluding carboxylic acids is 1. The van der Waals surface area contributed by atoms with E-state index in [2.05, 4.69) is 5.32 Å². The highest BCUT2D eigenvalue weighted by Gasteiger charge is 2.17. The lowest BCUT2D eigenvalue weighted by molar-refractivity contribution is -0.117. The van der Waals surface area contributed by atoms with Crippen LogP contribution < -0.4 is 15.8 Å². The molecule has 0 heterocycles. The predicted molar refractivity (Wildman–Crippen MR) is 84.5 cm³/mol. The molecule has 0 bridgehead atoms. The average molecular weight is 284 g/mol. The third kappa shape index (κ3) is 3.23. The second kappa shape index (κ2) is 6.41. The summed E-state index contributed by atoms with van der Waals surface area (Å²) in [5.74, 6) is 0.538. The van der Waals surface area contributed by atoms with Crippen LogP contribution in [0.2, 0.25) is 0 Å². The number of amides is 1. The quantitative estimate of drug-likeness (QED) is 0.907. The second-order valence-electron chi connectivity index (χ2n) is 4.97. The first kappa shape index (κ1) is 15.1. The number of anilines is 1. The van der Waals surface area contributed by atoms with Crippen molar-refractivity contribution in [3.05, 3.63) is 59.2 Å². The third-order valence-electron chi connectivity index (χ3n) is 3.51. The largest absolute Gasteiger partial charge is 0.496 e. The Morgan fingerprint density at radius 1 is 1.14 bits per heavy atom. The Morgan fingerprint density at radius 2 is 1.81 bits per heavy atom. The molecule has 4 heteroatoms.